The highest BCUT2D eigenvalue weighted by Gasteiger charge is 2.17. The maximum Gasteiger partial charge on any atom is 0.328 e. The number of nitrogens with one attached hydrogen (secondary N) is 1. The summed E-state index contributed by atoms with van der Waals surface area (Å²) in [5, 5.41) is 2.60. The molecule has 0 spiro atoms. The number of fused-ring (bicyclic) bond motifs is 1. The fourth-order valence-electron chi connectivity index (χ4n) is 2.98. The van der Waals surface area contributed by atoms with Gasteiger partial charge in [0.15, 0.2) is 11.5 Å². The van der Waals surface area contributed by atoms with E-state index in [1.807, 2.05) is 37.3 Å². The van der Waals surface area contributed by atoms with E-state index in [-0.39, 0.29) is 16.8 Å². The maximum absolute atomic E-state index is 12.6. The second kappa shape index (κ2) is 8.02. The number of methoxy groups -OCH3 is 2. The second-order valence-corrected chi connectivity index (χ2v) is 7.78. The lowest BCUT2D eigenvalue weighted by molar-refractivity contribution is -0.115. The molecule has 28 heavy (non-hydrogen) atoms. The molecule has 3 rings (SSSR count). The first-order valence-electron chi connectivity index (χ1n) is 8.70. The van der Waals surface area contributed by atoms with Crippen LogP contribution in [0.25, 0.3) is 11.0 Å². The van der Waals surface area contributed by atoms with Crippen molar-refractivity contribution in [3.63, 3.8) is 0 Å². The van der Waals surface area contributed by atoms with Crippen molar-refractivity contribution in [3.8, 4) is 11.5 Å². The lowest BCUT2D eigenvalue weighted by atomic mass is 10.2. The van der Waals surface area contributed by atoms with Crippen molar-refractivity contribution in [1.29, 1.82) is 0 Å². The van der Waals surface area contributed by atoms with Crippen LogP contribution in [0.2, 0.25) is 0 Å². The highest BCUT2D eigenvalue weighted by molar-refractivity contribution is 8.00. The number of imidazole rings is 1. The van der Waals surface area contributed by atoms with Crippen molar-refractivity contribution < 1.29 is 14.3 Å². The van der Waals surface area contributed by atoms with Gasteiger partial charge < -0.3 is 14.8 Å². The summed E-state index contributed by atoms with van der Waals surface area (Å²) < 4.78 is 13.7. The summed E-state index contributed by atoms with van der Waals surface area (Å²) in [6.07, 6.45) is 0. The van der Waals surface area contributed by atoms with Gasteiger partial charge in [-0.25, -0.2) is 4.79 Å². The fourth-order valence-corrected chi connectivity index (χ4v) is 3.87. The molecule has 7 nitrogen and oxygen atoms in total. The first kappa shape index (κ1) is 19.9. The third-order valence-corrected chi connectivity index (χ3v) is 5.67. The van der Waals surface area contributed by atoms with Gasteiger partial charge in [-0.15, -0.1) is 11.8 Å². The largest absolute Gasteiger partial charge is 0.493 e. The van der Waals surface area contributed by atoms with E-state index in [1.165, 1.54) is 11.8 Å². The molecule has 8 heteroatoms. The molecule has 0 aliphatic rings. The number of rotatable bonds is 6. The van der Waals surface area contributed by atoms with Crippen LogP contribution in [0.4, 0.5) is 5.69 Å². The van der Waals surface area contributed by atoms with Crippen molar-refractivity contribution >= 4 is 34.4 Å². The van der Waals surface area contributed by atoms with Crippen molar-refractivity contribution in [2.75, 3.05) is 19.5 Å². The highest BCUT2D eigenvalue weighted by atomic mass is 32.2. The van der Waals surface area contributed by atoms with Gasteiger partial charge in [0.05, 0.1) is 30.5 Å². The van der Waals surface area contributed by atoms with Crippen LogP contribution in [0.3, 0.4) is 0 Å². The molecular weight excluding hydrogens is 378 g/mol. The highest BCUT2D eigenvalue weighted by Crippen LogP contribution is 2.33. The van der Waals surface area contributed by atoms with E-state index in [9.17, 15) is 9.59 Å². The third-order valence-electron chi connectivity index (χ3n) is 4.58. The average Bonchev–Trinajstić information content (AvgIpc) is 2.91. The number of benzene rings is 2. The Kier molecular flexibility index (Phi) is 5.69. The predicted molar refractivity (Wildman–Crippen MR) is 112 cm³/mol. The average molecular weight is 401 g/mol. The molecule has 0 saturated carbocycles. The van der Waals surface area contributed by atoms with Gasteiger partial charge in [0.2, 0.25) is 5.91 Å². The monoisotopic (exact) mass is 401 g/mol. The molecule has 1 atom stereocenters. The summed E-state index contributed by atoms with van der Waals surface area (Å²) in [6.45, 7) is 1.84. The SMILES string of the molecule is COc1ccc(SC(C)C(=O)Nc2ccc3c(c2)n(C)c(=O)n3C)cc1OC. The van der Waals surface area contributed by atoms with Gasteiger partial charge in [-0.2, -0.15) is 0 Å². The van der Waals surface area contributed by atoms with Crippen molar-refractivity contribution in [2.45, 2.75) is 17.1 Å². The zero-order chi connectivity index (χ0) is 20.4. The summed E-state index contributed by atoms with van der Waals surface area (Å²) in [5.41, 5.74) is 2.14. The van der Waals surface area contributed by atoms with Crippen molar-refractivity contribution in [3.05, 3.63) is 46.9 Å². The van der Waals surface area contributed by atoms with Crippen LogP contribution < -0.4 is 20.5 Å². The first-order chi connectivity index (χ1) is 13.3. The molecule has 1 amide bonds. The van der Waals surface area contributed by atoms with Crippen molar-refractivity contribution in [2.24, 2.45) is 14.1 Å². The minimum absolute atomic E-state index is 0.101. The second-order valence-electron chi connectivity index (χ2n) is 6.37. The van der Waals surface area contributed by atoms with Crippen LogP contribution in [-0.2, 0) is 18.9 Å². The molecule has 0 radical (unpaired) electrons. The molecule has 3 aromatic rings. The number of carbonyl (C=O) groups is 1. The number of nitrogens with zero attached hydrogens (tertiary/aromatic N) is 2. The smallest absolute Gasteiger partial charge is 0.328 e. The Labute approximate surface area is 167 Å². The zero-order valence-electron chi connectivity index (χ0n) is 16.5. The molecule has 1 heterocycles. The maximum atomic E-state index is 12.6. The molecule has 0 bridgehead atoms. The van der Waals surface area contributed by atoms with E-state index >= 15 is 0 Å². The standard InChI is InChI=1S/C20H23N3O4S/c1-12(28-14-7-9-17(26-4)18(11-14)27-5)19(24)21-13-6-8-15-16(10-13)23(3)20(25)22(15)2/h6-12H,1-5H3,(H,21,24). The van der Waals surface area contributed by atoms with Gasteiger partial charge in [-0.05, 0) is 43.3 Å². The van der Waals surface area contributed by atoms with E-state index in [1.54, 1.807) is 43.5 Å². The van der Waals surface area contributed by atoms with Gasteiger partial charge in [-0.1, -0.05) is 0 Å². The van der Waals surface area contributed by atoms with Crippen LogP contribution in [0.5, 0.6) is 11.5 Å². The molecule has 1 aromatic heterocycles. The molecule has 0 fully saturated rings. The molecule has 0 aliphatic carbocycles. The van der Waals surface area contributed by atoms with Gasteiger partial charge in [-0.3, -0.25) is 13.9 Å². The number of amides is 1. The summed E-state index contributed by atoms with van der Waals surface area (Å²) in [4.78, 5) is 25.6. The van der Waals surface area contributed by atoms with E-state index in [0.29, 0.717) is 17.2 Å². The van der Waals surface area contributed by atoms with Crippen LogP contribution >= 0.6 is 11.8 Å². The number of aromatic nitrogens is 2. The number of hydrogen-bond acceptors (Lipinski definition) is 5. The number of thioether (sulfide) groups is 1. The Morgan fingerprint density at radius 2 is 1.68 bits per heavy atom. The third kappa shape index (κ3) is 3.73. The van der Waals surface area contributed by atoms with E-state index in [4.69, 9.17) is 9.47 Å². The predicted octanol–water partition coefficient (Wildman–Crippen LogP) is 3.01. The Morgan fingerprint density at radius 1 is 1.00 bits per heavy atom. The lowest BCUT2D eigenvalue weighted by Gasteiger charge is -2.14. The minimum Gasteiger partial charge on any atom is -0.493 e. The first-order valence-corrected chi connectivity index (χ1v) is 9.58. The quantitative estimate of drug-likeness (QED) is 0.643. The van der Waals surface area contributed by atoms with Gasteiger partial charge in [0, 0.05) is 24.7 Å². The van der Waals surface area contributed by atoms with Crippen LogP contribution in [0.1, 0.15) is 6.92 Å². The van der Waals surface area contributed by atoms with E-state index in [0.717, 1.165) is 15.9 Å². The van der Waals surface area contributed by atoms with Crippen molar-refractivity contribution in [1.82, 2.24) is 9.13 Å². The molecule has 0 saturated heterocycles. The number of carbonyl (C=O) groups excluding carboxylic acids is 1. The van der Waals surface area contributed by atoms with E-state index in [2.05, 4.69) is 5.32 Å². The summed E-state index contributed by atoms with van der Waals surface area (Å²) >= 11 is 1.43. The minimum atomic E-state index is -0.326. The zero-order valence-corrected chi connectivity index (χ0v) is 17.3. The Balaban J connectivity index is 1.75. The molecule has 1 N–H and O–H groups in total. The molecule has 148 valence electrons. The van der Waals surface area contributed by atoms with Gasteiger partial charge in [0.1, 0.15) is 0 Å². The Bertz CT molecular complexity index is 1090. The summed E-state index contributed by atoms with van der Waals surface area (Å²) in [5.74, 6) is 1.14. The van der Waals surface area contributed by atoms with Crippen LogP contribution in [-0.4, -0.2) is 34.5 Å². The number of anilines is 1. The lowest BCUT2D eigenvalue weighted by Crippen LogP contribution is -2.22. The van der Waals surface area contributed by atoms with Crippen LogP contribution in [0, 0.1) is 0 Å². The normalized spacial score (nSPS) is 12.0. The summed E-state index contributed by atoms with van der Waals surface area (Å²) in [7, 11) is 6.60. The number of ether oxygens (including phenoxy) is 2. The van der Waals surface area contributed by atoms with E-state index < -0.39 is 0 Å². The topological polar surface area (TPSA) is 74.5 Å². The number of aryl methyl sites for hydroxylation is 2. The molecule has 0 aliphatic heterocycles. The Morgan fingerprint density at radius 3 is 2.36 bits per heavy atom. The van der Waals surface area contributed by atoms with Gasteiger partial charge in [0.25, 0.3) is 0 Å². The molecule has 2 aromatic carbocycles. The number of hydrogen-bond donors (Lipinski definition) is 1. The fraction of sp³-hybridized carbons (Fsp3) is 0.300. The Hall–Kier alpha value is -2.87. The van der Waals surface area contributed by atoms with Crippen LogP contribution in [0.15, 0.2) is 46.1 Å². The summed E-state index contributed by atoms with van der Waals surface area (Å²) in [6, 6.07) is 11.0. The molecular formula is C20H23N3O4S. The molecule has 1 unspecified atom stereocenters. The van der Waals surface area contributed by atoms with Gasteiger partial charge >= 0.3 is 5.69 Å².